The first-order valence-electron chi connectivity index (χ1n) is 7.61. The number of methoxy groups -OCH3 is 1. The van der Waals surface area contributed by atoms with Crippen molar-refractivity contribution in [3.63, 3.8) is 0 Å². The average Bonchev–Trinajstić information content (AvgIpc) is 3.01. The van der Waals surface area contributed by atoms with E-state index in [4.69, 9.17) is 16.3 Å². The minimum absolute atomic E-state index is 0.0603. The van der Waals surface area contributed by atoms with Crippen molar-refractivity contribution in [2.24, 2.45) is 0 Å². The molecule has 25 heavy (non-hydrogen) atoms. The van der Waals surface area contributed by atoms with Gasteiger partial charge in [0.2, 0.25) is 5.91 Å². The predicted molar refractivity (Wildman–Crippen MR) is 105 cm³/mol. The first kappa shape index (κ1) is 18.0. The van der Waals surface area contributed by atoms with Crippen LogP contribution in [-0.2, 0) is 11.3 Å². The van der Waals surface area contributed by atoms with Crippen molar-refractivity contribution in [1.29, 1.82) is 0 Å². The van der Waals surface area contributed by atoms with Gasteiger partial charge in [-0.15, -0.1) is 11.3 Å². The van der Waals surface area contributed by atoms with Gasteiger partial charge in [-0.05, 0) is 35.9 Å². The summed E-state index contributed by atoms with van der Waals surface area (Å²) in [5.41, 5.74) is 1.91. The van der Waals surface area contributed by atoms with Crippen molar-refractivity contribution < 1.29 is 9.53 Å². The van der Waals surface area contributed by atoms with Gasteiger partial charge in [-0.3, -0.25) is 4.79 Å². The number of thiazole rings is 1. The third kappa shape index (κ3) is 4.66. The van der Waals surface area contributed by atoms with Crippen LogP contribution in [0.1, 0.15) is 5.56 Å². The summed E-state index contributed by atoms with van der Waals surface area (Å²) in [6.45, 7) is 0.548. The van der Waals surface area contributed by atoms with Gasteiger partial charge in [0.25, 0.3) is 0 Å². The van der Waals surface area contributed by atoms with E-state index in [9.17, 15) is 4.79 Å². The zero-order chi connectivity index (χ0) is 17.8. The van der Waals surface area contributed by atoms with E-state index in [2.05, 4.69) is 4.98 Å². The van der Waals surface area contributed by atoms with Crippen LogP contribution in [-0.4, -0.2) is 35.7 Å². The Balaban J connectivity index is 1.58. The van der Waals surface area contributed by atoms with Crippen molar-refractivity contribution in [2.75, 3.05) is 19.9 Å². The number of fused-ring (bicyclic) bond motifs is 1. The highest BCUT2D eigenvalue weighted by molar-refractivity contribution is 8.01. The molecule has 7 heteroatoms. The summed E-state index contributed by atoms with van der Waals surface area (Å²) in [5, 5.41) is 0.670. The number of hydrogen-bond donors (Lipinski definition) is 0. The quantitative estimate of drug-likeness (QED) is 0.570. The van der Waals surface area contributed by atoms with Crippen LogP contribution < -0.4 is 4.74 Å². The zero-order valence-electron chi connectivity index (χ0n) is 13.9. The molecular weight excluding hydrogens is 376 g/mol. The Kier molecular flexibility index (Phi) is 5.83. The summed E-state index contributed by atoms with van der Waals surface area (Å²) in [6.07, 6.45) is 0. The molecular formula is C18H17ClN2O2S2. The number of benzene rings is 2. The molecule has 0 saturated heterocycles. The first-order valence-corrected chi connectivity index (χ1v) is 9.79. The Labute approximate surface area is 159 Å². The van der Waals surface area contributed by atoms with Crippen LogP contribution >= 0.6 is 34.7 Å². The van der Waals surface area contributed by atoms with Crippen LogP contribution in [0.2, 0.25) is 5.02 Å². The maximum atomic E-state index is 12.4. The van der Waals surface area contributed by atoms with Crippen molar-refractivity contribution in [1.82, 2.24) is 9.88 Å². The van der Waals surface area contributed by atoms with Crippen LogP contribution in [0.15, 0.2) is 46.8 Å². The lowest BCUT2D eigenvalue weighted by Crippen LogP contribution is -2.27. The summed E-state index contributed by atoms with van der Waals surface area (Å²) in [4.78, 5) is 18.6. The standard InChI is InChI=1S/C18H17ClN2O2S2/c1-21(10-12-4-3-5-14(8-12)23-2)17(22)11-24-18-20-15-9-13(19)6-7-16(15)25-18/h3-9H,10-11H2,1-2H3. The topological polar surface area (TPSA) is 42.4 Å². The molecule has 2 aromatic carbocycles. The molecule has 3 rings (SSSR count). The molecule has 4 nitrogen and oxygen atoms in total. The van der Waals surface area contributed by atoms with Gasteiger partial charge in [0.1, 0.15) is 5.75 Å². The lowest BCUT2D eigenvalue weighted by atomic mass is 10.2. The minimum Gasteiger partial charge on any atom is -0.497 e. The monoisotopic (exact) mass is 392 g/mol. The minimum atomic E-state index is 0.0603. The summed E-state index contributed by atoms with van der Waals surface area (Å²) in [6, 6.07) is 13.4. The van der Waals surface area contributed by atoms with E-state index in [0.717, 1.165) is 25.9 Å². The molecule has 0 radical (unpaired) electrons. The third-order valence-electron chi connectivity index (χ3n) is 3.63. The summed E-state index contributed by atoms with van der Waals surface area (Å²) in [7, 11) is 3.44. The second-order valence-corrected chi connectivity index (χ2v) is 8.17. The highest BCUT2D eigenvalue weighted by Crippen LogP contribution is 2.31. The van der Waals surface area contributed by atoms with Gasteiger partial charge < -0.3 is 9.64 Å². The Morgan fingerprint density at radius 3 is 2.96 bits per heavy atom. The number of aromatic nitrogens is 1. The first-order chi connectivity index (χ1) is 12.0. The lowest BCUT2D eigenvalue weighted by Gasteiger charge is -2.17. The molecule has 1 heterocycles. The Morgan fingerprint density at radius 1 is 1.32 bits per heavy atom. The molecule has 0 atom stereocenters. The lowest BCUT2D eigenvalue weighted by molar-refractivity contribution is -0.127. The Morgan fingerprint density at radius 2 is 2.16 bits per heavy atom. The third-order valence-corrected chi connectivity index (χ3v) is 6.03. The zero-order valence-corrected chi connectivity index (χ0v) is 16.2. The number of amides is 1. The van der Waals surface area contributed by atoms with E-state index < -0.39 is 0 Å². The smallest absolute Gasteiger partial charge is 0.233 e. The van der Waals surface area contributed by atoms with Gasteiger partial charge in [-0.2, -0.15) is 0 Å². The summed E-state index contributed by atoms with van der Waals surface area (Å²) in [5.74, 6) is 1.21. The second-order valence-electron chi connectivity index (χ2n) is 5.48. The molecule has 1 aromatic heterocycles. The maximum absolute atomic E-state index is 12.4. The Bertz CT molecular complexity index is 898. The van der Waals surface area contributed by atoms with E-state index in [-0.39, 0.29) is 5.91 Å². The van der Waals surface area contributed by atoms with Crippen molar-refractivity contribution >= 4 is 50.8 Å². The highest BCUT2D eigenvalue weighted by atomic mass is 35.5. The number of hydrogen-bond acceptors (Lipinski definition) is 5. The molecule has 0 spiro atoms. The van der Waals surface area contributed by atoms with Crippen LogP contribution in [0.25, 0.3) is 10.2 Å². The SMILES string of the molecule is COc1cccc(CN(C)C(=O)CSc2nc3cc(Cl)ccc3s2)c1. The van der Waals surface area contributed by atoms with Crippen LogP contribution in [0.4, 0.5) is 0 Å². The van der Waals surface area contributed by atoms with Gasteiger partial charge >= 0.3 is 0 Å². The number of thioether (sulfide) groups is 1. The second kappa shape index (κ2) is 8.08. The van der Waals surface area contributed by atoms with Gasteiger partial charge in [0, 0.05) is 18.6 Å². The number of halogens is 1. The molecule has 0 unspecified atom stereocenters. The molecule has 0 aliphatic heterocycles. The van der Waals surface area contributed by atoms with E-state index in [1.54, 1.807) is 30.4 Å². The molecule has 0 aliphatic rings. The van der Waals surface area contributed by atoms with Gasteiger partial charge in [-0.1, -0.05) is 35.5 Å². The maximum Gasteiger partial charge on any atom is 0.233 e. The van der Waals surface area contributed by atoms with Gasteiger partial charge in [0.15, 0.2) is 4.34 Å². The molecule has 0 N–H and O–H groups in total. The van der Waals surface area contributed by atoms with E-state index in [1.165, 1.54) is 11.8 Å². The van der Waals surface area contributed by atoms with Gasteiger partial charge in [-0.25, -0.2) is 4.98 Å². The van der Waals surface area contributed by atoms with Crippen molar-refractivity contribution in [2.45, 2.75) is 10.9 Å². The molecule has 0 fully saturated rings. The van der Waals surface area contributed by atoms with Crippen LogP contribution in [0, 0.1) is 0 Å². The molecule has 0 bridgehead atoms. The van der Waals surface area contributed by atoms with Crippen LogP contribution in [0.5, 0.6) is 5.75 Å². The number of carbonyl (C=O) groups is 1. The number of carbonyl (C=O) groups excluding carboxylic acids is 1. The van der Waals surface area contributed by atoms with Crippen LogP contribution in [0.3, 0.4) is 0 Å². The molecule has 130 valence electrons. The highest BCUT2D eigenvalue weighted by Gasteiger charge is 2.12. The number of rotatable bonds is 6. The van der Waals surface area contributed by atoms with E-state index >= 15 is 0 Å². The molecule has 1 amide bonds. The molecule has 3 aromatic rings. The van der Waals surface area contributed by atoms with Gasteiger partial charge in [0.05, 0.1) is 23.1 Å². The normalized spacial score (nSPS) is 10.8. The fraction of sp³-hybridized carbons (Fsp3) is 0.222. The number of ether oxygens (including phenoxy) is 1. The van der Waals surface area contributed by atoms with Crippen molar-refractivity contribution in [3.05, 3.63) is 53.1 Å². The van der Waals surface area contributed by atoms with Crippen molar-refractivity contribution in [3.8, 4) is 5.75 Å². The van der Waals surface area contributed by atoms with E-state index in [1.807, 2.05) is 42.5 Å². The number of nitrogens with zero attached hydrogens (tertiary/aromatic N) is 2. The fourth-order valence-electron chi connectivity index (χ4n) is 2.31. The molecule has 0 aliphatic carbocycles. The molecule has 0 saturated carbocycles. The summed E-state index contributed by atoms with van der Waals surface area (Å²) < 4.78 is 7.16. The largest absolute Gasteiger partial charge is 0.497 e. The fourth-order valence-corrected chi connectivity index (χ4v) is 4.46. The average molecular weight is 393 g/mol. The predicted octanol–water partition coefficient (Wildman–Crippen LogP) is 4.71. The summed E-state index contributed by atoms with van der Waals surface area (Å²) >= 11 is 9.01. The Hall–Kier alpha value is -1.76. The van der Waals surface area contributed by atoms with E-state index in [0.29, 0.717) is 17.3 Å².